The average Bonchev–Trinajstić information content (AvgIpc) is 2.11. The maximum Gasteiger partial charge on any atom is 0.328 e. The van der Waals surface area contributed by atoms with Crippen molar-refractivity contribution in [2.24, 2.45) is 16.6 Å². The van der Waals surface area contributed by atoms with Crippen LogP contribution < -0.4 is 11.1 Å². The summed E-state index contributed by atoms with van der Waals surface area (Å²) in [5.41, 5.74) is 7.28. The summed E-state index contributed by atoms with van der Waals surface area (Å²) < 4.78 is 0. The molecule has 0 rings (SSSR count). The smallest absolute Gasteiger partial charge is 0.328 e. The fourth-order valence-corrected chi connectivity index (χ4v) is 1.28. The number of rotatable bonds is 5. The first-order chi connectivity index (χ1) is 7.73. The minimum absolute atomic E-state index is 0.0982. The number of hydrogen-bond donors (Lipinski definition) is 3. The van der Waals surface area contributed by atoms with E-state index in [1.54, 1.807) is 19.9 Å². The highest BCUT2D eigenvalue weighted by molar-refractivity contribution is 5.84. The average molecular weight is 239 g/mol. The van der Waals surface area contributed by atoms with E-state index in [1.165, 1.54) is 0 Å². The zero-order valence-corrected chi connectivity index (χ0v) is 10.8. The van der Waals surface area contributed by atoms with E-state index < -0.39 is 12.0 Å². The molecule has 5 heteroatoms. The van der Waals surface area contributed by atoms with Crippen LogP contribution >= 0.6 is 0 Å². The second kappa shape index (κ2) is 6.73. The number of nitrogens with one attached hydrogen (secondary N) is 1. The van der Waals surface area contributed by atoms with Gasteiger partial charge in [-0.25, -0.2) is 9.79 Å². The van der Waals surface area contributed by atoms with Crippen molar-refractivity contribution in [1.29, 1.82) is 0 Å². The van der Waals surface area contributed by atoms with Crippen LogP contribution in [0, 0.1) is 5.92 Å². The fourth-order valence-electron chi connectivity index (χ4n) is 1.28. The highest BCUT2D eigenvalue weighted by Gasteiger charge is 2.20. The van der Waals surface area contributed by atoms with Gasteiger partial charge in [0.1, 0.15) is 0 Å². The van der Waals surface area contributed by atoms with E-state index in [0.29, 0.717) is 0 Å². The number of nitrogens with zero attached hydrogens (tertiary/aromatic N) is 1. The third-order valence-corrected chi connectivity index (χ3v) is 1.95. The Balaban J connectivity index is 4.73. The van der Waals surface area contributed by atoms with Gasteiger partial charge in [0.05, 0.1) is 0 Å². The molecule has 96 valence electrons. The number of hydrogen-bond acceptors (Lipinski definition) is 2. The molecule has 0 bridgehead atoms. The Labute approximate surface area is 102 Å². The molecule has 0 fully saturated rings. The summed E-state index contributed by atoms with van der Waals surface area (Å²) in [6, 6.07) is -0.833. The van der Waals surface area contributed by atoms with Gasteiger partial charge in [-0.05, 0) is 25.8 Å². The predicted molar refractivity (Wildman–Crippen MR) is 69.6 cm³/mol. The van der Waals surface area contributed by atoms with E-state index in [4.69, 9.17) is 10.8 Å². The molecular weight excluding hydrogens is 218 g/mol. The molecule has 17 heavy (non-hydrogen) atoms. The molecule has 0 aliphatic carbocycles. The number of allylic oxidation sites excluding steroid dienone is 3. The topological polar surface area (TPSA) is 87.7 Å². The summed E-state index contributed by atoms with van der Waals surface area (Å²) in [6.45, 7) is 11.0. The first-order valence-corrected chi connectivity index (χ1v) is 5.41. The molecule has 0 radical (unpaired) electrons. The van der Waals surface area contributed by atoms with Gasteiger partial charge in [0.2, 0.25) is 0 Å². The highest BCUT2D eigenvalue weighted by atomic mass is 16.4. The van der Waals surface area contributed by atoms with Crippen molar-refractivity contribution in [1.82, 2.24) is 5.32 Å². The summed E-state index contributed by atoms with van der Waals surface area (Å²) in [5.74, 6) is -0.995. The molecule has 4 N–H and O–H groups in total. The number of aliphatic carboxylic acids is 1. The van der Waals surface area contributed by atoms with E-state index in [-0.39, 0.29) is 11.9 Å². The number of carbonyl (C=O) groups is 1. The SMILES string of the molecule is C=C(C)/C=C(/C)NC(N)=NC(C(=O)O)C(C)C. The Bertz CT molecular complexity index is 357. The van der Waals surface area contributed by atoms with Crippen LogP contribution in [0.5, 0.6) is 0 Å². The summed E-state index contributed by atoms with van der Waals surface area (Å²) in [7, 11) is 0. The van der Waals surface area contributed by atoms with Crippen LogP contribution in [0.15, 0.2) is 28.9 Å². The van der Waals surface area contributed by atoms with Crippen molar-refractivity contribution in [3.8, 4) is 0 Å². The molecule has 0 heterocycles. The number of carboxylic acid groups (broad SMARTS) is 1. The minimum Gasteiger partial charge on any atom is -0.480 e. The predicted octanol–water partition coefficient (Wildman–Crippen LogP) is 1.48. The quantitative estimate of drug-likeness (QED) is 0.385. The van der Waals surface area contributed by atoms with E-state index in [1.807, 2.05) is 13.8 Å². The third-order valence-electron chi connectivity index (χ3n) is 1.95. The molecule has 0 saturated heterocycles. The zero-order chi connectivity index (χ0) is 13.6. The molecule has 0 aromatic heterocycles. The Morgan fingerprint density at radius 2 is 2.00 bits per heavy atom. The van der Waals surface area contributed by atoms with Crippen molar-refractivity contribution in [2.45, 2.75) is 33.7 Å². The standard InChI is InChI=1S/C12H21N3O2/c1-7(2)6-9(5)14-12(13)15-10(8(3)4)11(16)17/h6,8,10H,1H2,2-5H3,(H,16,17)(H3,13,14,15)/b9-6-. The van der Waals surface area contributed by atoms with Crippen LogP contribution in [0.2, 0.25) is 0 Å². The second-order valence-corrected chi connectivity index (χ2v) is 4.34. The lowest BCUT2D eigenvalue weighted by molar-refractivity contribution is -0.139. The van der Waals surface area contributed by atoms with Crippen molar-refractivity contribution >= 4 is 11.9 Å². The highest BCUT2D eigenvalue weighted by Crippen LogP contribution is 2.06. The van der Waals surface area contributed by atoms with Crippen LogP contribution in [0.1, 0.15) is 27.7 Å². The van der Waals surface area contributed by atoms with E-state index in [0.717, 1.165) is 11.3 Å². The second-order valence-electron chi connectivity index (χ2n) is 4.34. The van der Waals surface area contributed by atoms with Gasteiger partial charge in [-0.3, -0.25) is 0 Å². The van der Waals surface area contributed by atoms with Crippen LogP contribution in [-0.2, 0) is 4.79 Å². The molecule has 0 amide bonds. The van der Waals surface area contributed by atoms with Gasteiger partial charge in [-0.2, -0.15) is 0 Å². The Kier molecular flexibility index (Phi) is 6.02. The molecule has 1 atom stereocenters. The first kappa shape index (κ1) is 15.2. The molecular formula is C12H21N3O2. The van der Waals surface area contributed by atoms with E-state index in [9.17, 15) is 4.79 Å². The Morgan fingerprint density at radius 3 is 2.35 bits per heavy atom. The summed E-state index contributed by atoms with van der Waals surface area (Å²) in [5, 5.41) is 11.8. The van der Waals surface area contributed by atoms with Gasteiger partial charge in [-0.1, -0.05) is 26.0 Å². The van der Waals surface area contributed by atoms with Gasteiger partial charge in [0, 0.05) is 5.70 Å². The van der Waals surface area contributed by atoms with Crippen LogP contribution in [0.4, 0.5) is 0 Å². The molecule has 0 aliphatic rings. The van der Waals surface area contributed by atoms with Crippen molar-refractivity contribution in [3.63, 3.8) is 0 Å². The monoisotopic (exact) mass is 239 g/mol. The van der Waals surface area contributed by atoms with Gasteiger partial charge in [0.15, 0.2) is 12.0 Å². The number of nitrogens with two attached hydrogens (primary N) is 1. The molecule has 0 aliphatic heterocycles. The van der Waals surface area contributed by atoms with Crippen LogP contribution in [0.25, 0.3) is 0 Å². The van der Waals surface area contributed by atoms with E-state index in [2.05, 4.69) is 16.9 Å². The summed E-state index contributed by atoms with van der Waals surface area (Å²) in [6.07, 6.45) is 1.80. The van der Waals surface area contributed by atoms with Gasteiger partial charge in [-0.15, -0.1) is 0 Å². The normalized spacial score (nSPS) is 14.6. The van der Waals surface area contributed by atoms with Crippen LogP contribution in [-0.4, -0.2) is 23.1 Å². The fraction of sp³-hybridized carbons (Fsp3) is 0.500. The first-order valence-electron chi connectivity index (χ1n) is 5.41. The molecule has 0 saturated carbocycles. The lowest BCUT2D eigenvalue weighted by atomic mass is 10.1. The van der Waals surface area contributed by atoms with Gasteiger partial charge in [0.25, 0.3) is 0 Å². The van der Waals surface area contributed by atoms with Gasteiger partial charge >= 0.3 is 5.97 Å². The maximum absolute atomic E-state index is 10.9. The van der Waals surface area contributed by atoms with Crippen LogP contribution in [0.3, 0.4) is 0 Å². The number of guanidine groups is 1. The summed E-state index contributed by atoms with van der Waals surface area (Å²) >= 11 is 0. The van der Waals surface area contributed by atoms with Crippen molar-refractivity contribution in [2.75, 3.05) is 0 Å². The Hall–Kier alpha value is -1.78. The summed E-state index contributed by atoms with van der Waals surface area (Å²) in [4.78, 5) is 14.9. The zero-order valence-electron chi connectivity index (χ0n) is 10.8. The van der Waals surface area contributed by atoms with Gasteiger partial charge < -0.3 is 16.2 Å². The third kappa shape index (κ3) is 6.40. The number of carboxylic acids is 1. The molecule has 5 nitrogen and oxygen atoms in total. The maximum atomic E-state index is 10.9. The Morgan fingerprint density at radius 1 is 1.47 bits per heavy atom. The van der Waals surface area contributed by atoms with E-state index >= 15 is 0 Å². The minimum atomic E-state index is -0.980. The lowest BCUT2D eigenvalue weighted by Gasteiger charge is -2.13. The van der Waals surface area contributed by atoms with Crippen molar-refractivity contribution < 1.29 is 9.90 Å². The molecule has 0 aromatic carbocycles. The molecule has 1 unspecified atom stereocenters. The molecule has 0 spiro atoms. The largest absolute Gasteiger partial charge is 0.480 e. The lowest BCUT2D eigenvalue weighted by Crippen LogP contribution is -2.35. The van der Waals surface area contributed by atoms with Crippen molar-refractivity contribution in [3.05, 3.63) is 23.9 Å². The number of aliphatic imine (C=N–C) groups is 1. The molecule has 0 aromatic rings.